The van der Waals surface area contributed by atoms with Gasteiger partial charge in [0.05, 0.1) is 11.0 Å². The molecule has 1 aromatic carbocycles. The Balaban J connectivity index is 2.25. The molecule has 0 bridgehead atoms. The second kappa shape index (κ2) is 5.84. The molecule has 0 radical (unpaired) electrons. The van der Waals surface area contributed by atoms with Gasteiger partial charge in [0.15, 0.2) is 0 Å². The number of sulfonamides is 1. The molecule has 0 spiro atoms. The highest BCUT2D eigenvalue weighted by Gasteiger charge is 2.33. The van der Waals surface area contributed by atoms with Gasteiger partial charge >= 0.3 is 0 Å². The normalized spacial score (nSPS) is 19.9. The fourth-order valence-electron chi connectivity index (χ4n) is 2.77. The number of aliphatic hydroxyl groups excluding tert-OH is 1. The summed E-state index contributed by atoms with van der Waals surface area (Å²) in [6.45, 7) is 3.83. The van der Waals surface area contributed by atoms with Gasteiger partial charge in [-0.05, 0) is 43.9 Å². The van der Waals surface area contributed by atoms with E-state index in [4.69, 9.17) is 0 Å². The maximum absolute atomic E-state index is 12.5. The number of hydrogen-bond donors (Lipinski definition) is 2. The smallest absolute Gasteiger partial charge is 0.241 e. The molecule has 1 aliphatic rings. The Kier molecular flexibility index (Phi) is 4.52. The van der Waals surface area contributed by atoms with E-state index in [1.807, 2.05) is 13.8 Å². The average molecular weight is 297 g/mol. The summed E-state index contributed by atoms with van der Waals surface area (Å²) in [6.07, 6.45) is 3.83. The van der Waals surface area contributed by atoms with E-state index in [-0.39, 0.29) is 10.4 Å². The lowest BCUT2D eigenvalue weighted by Gasteiger charge is -2.25. The van der Waals surface area contributed by atoms with Crippen molar-refractivity contribution in [3.05, 3.63) is 29.8 Å². The minimum atomic E-state index is -3.53. The number of aliphatic hydroxyl groups is 1. The Labute approximate surface area is 121 Å². The van der Waals surface area contributed by atoms with Gasteiger partial charge in [0.2, 0.25) is 10.0 Å². The highest BCUT2D eigenvalue weighted by Crippen LogP contribution is 2.31. The quantitative estimate of drug-likeness (QED) is 0.878. The molecule has 1 atom stereocenters. The van der Waals surface area contributed by atoms with Crippen LogP contribution in [-0.2, 0) is 10.0 Å². The molecule has 0 saturated heterocycles. The zero-order valence-corrected chi connectivity index (χ0v) is 12.9. The Bertz CT molecular complexity index is 562. The molecule has 1 unspecified atom stereocenters. The largest absolute Gasteiger partial charge is 0.388 e. The molecule has 1 aromatic rings. The van der Waals surface area contributed by atoms with Crippen LogP contribution in [0.25, 0.3) is 0 Å². The molecule has 2 N–H and O–H groups in total. The molecule has 0 amide bonds. The summed E-state index contributed by atoms with van der Waals surface area (Å²) >= 11 is 0. The van der Waals surface area contributed by atoms with Crippen molar-refractivity contribution in [2.24, 2.45) is 0 Å². The molecule has 112 valence electrons. The van der Waals surface area contributed by atoms with Gasteiger partial charge in [-0.25, -0.2) is 13.1 Å². The molecule has 1 aliphatic carbocycles. The van der Waals surface area contributed by atoms with E-state index in [2.05, 4.69) is 4.72 Å². The van der Waals surface area contributed by atoms with Crippen molar-refractivity contribution in [3.63, 3.8) is 0 Å². The van der Waals surface area contributed by atoms with Gasteiger partial charge in [0.25, 0.3) is 0 Å². The van der Waals surface area contributed by atoms with Crippen molar-refractivity contribution in [3.8, 4) is 0 Å². The van der Waals surface area contributed by atoms with Gasteiger partial charge in [-0.15, -0.1) is 0 Å². The van der Waals surface area contributed by atoms with Crippen molar-refractivity contribution in [1.82, 2.24) is 4.72 Å². The molecule has 0 heterocycles. The third-order valence-corrected chi connectivity index (χ3v) is 5.66. The Morgan fingerprint density at radius 1 is 1.35 bits per heavy atom. The van der Waals surface area contributed by atoms with E-state index in [9.17, 15) is 13.5 Å². The van der Waals surface area contributed by atoms with E-state index in [1.165, 1.54) is 0 Å². The number of nitrogens with one attached hydrogen (secondary N) is 1. The topological polar surface area (TPSA) is 66.4 Å². The number of benzene rings is 1. The van der Waals surface area contributed by atoms with Gasteiger partial charge < -0.3 is 5.11 Å². The first-order chi connectivity index (χ1) is 9.36. The minimum Gasteiger partial charge on any atom is -0.388 e. The predicted molar refractivity (Wildman–Crippen MR) is 78.9 cm³/mol. The lowest BCUT2D eigenvalue weighted by atomic mass is 10.0. The summed E-state index contributed by atoms with van der Waals surface area (Å²) in [4.78, 5) is 0.232. The van der Waals surface area contributed by atoms with Crippen molar-refractivity contribution in [1.29, 1.82) is 0 Å². The standard InChI is InChI=1S/C15H23NO3S/c1-3-14(17)12-7-6-8-13(11-12)20(18,19)16-15(2)9-4-5-10-15/h6-8,11,14,16-17H,3-5,9-10H2,1-2H3. The first kappa shape index (κ1) is 15.5. The van der Waals surface area contributed by atoms with Crippen LogP contribution in [0.2, 0.25) is 0 Å². The van der Waals surface area contributed by atoms with Crippen LogP contribution in [0.4, 0.5) is 0 Å². The molecule has 4 nitrogen and oxygen atoms in total. The highest BCUT2D eigenvalue weighted by molar-refractivity contribution is 7.89. The second-order valence-electron chi connectivity index (χ2n) is 5.87. The van der Waals surface area contributed by atoms with E-state index >= 15 is 0 Å². The van der Waals surface area contributed by atoms with Crippen LogP contribution < -0.4 is 4.72 Å². The van der Waals surface area contributed by atoms with Crippen LogP contribution in [0.3, 0.4) is 0 Å². The Hall–Kier alpha value is -0.910. The zero-order chi connectivity index (χ0) is 14.8. The first-order valence-corrected chi connectivity index (χ1v) is 8.67. The lowest BCUT2D eigenvalue weighted by molar-refractivity contribution is 0.173. The third-order valence-electron chi connectivity index (χ3n) is 4.03. The maximum atomic E-state index is 12.5. The van der Waals surface area contributed by atoms with Gasteiger partial charge in [-0.1, -0.05) is 31.9 Å². The van der Waals surface area contributed by atoms with E-state index < -0.39 is 16.1 Å². The average Bonchev–Trinajstić information content (AvgIpc) is 2.83. The van der Waals surface area contributed by atoms with E-state index in [0.29, 0.717) is 12.0 Å². The zero-order valence-electron chi connectivity index (χ0n) is 12.1. The van der Waals surface area contributed by atoms with Crippen molar-refractivity contribution in [2.45, 2.75) is 62.5 Å². The molecule has 20 heavy (non-hydrogen) atoms. The van der Waals surface area contributed by atoms with Gasteiger partial charge in [-0.2, -0.15) is 0 Å². The maximum Gasteiger partial charge on any atom is 0.241 e. The Morgan fingerprint density at radius 3 is 2.60 bits per heavy atom. The van der Waals surface area contributed by atoms with Crippen LogP contribution >= 0.6 is 0 Å². The van der Waals surface area contributed by atoms with Crippen LogP contribution in [0, 0.1) is 0 Å². The molecule has 2 rings (SSSR count). The number of rotatable bonds is 5. The second-order valence-corrected chi connectivity index (χ2v) is 7.55. The summed E-state index contributed by atoms with van der Waals surface area (Å²) in [5, 5.41) is 9.84. The summed E-state index contributed by atoms with van der Waals surface area (Å²) in [6, 6.07) is 6.57. The summed E-state index contributed by atoms with van der Waals surface area (Å²) < 4.78 is 27.8. The van der Waals surface area contributed by atoms with Crippen LogP contribution in [0.1, 0.15) is 57.6 Å². The van der Waals surface area contributed by atoms with Crippen LogP contribution in [0.5, 0.6) is 0 Å². The first-order valence-electron chi connectivity index (χ1n) is 7.18. The van der Waals surface area contributed by atoms with Gasteiger partial charge in [-0.3, -0.25) is 0 Å². The van der Waals surface area contributed by atoms with Crippen LogP contribution in [0.15, 0.2) is 29.2 Å². The van der Waals surface area contributed by atoms with Gasteiger partial charge in [0, 0.05) is 5.54 Å². The molecular weight excluding hydrogens is 274 g/mol. The molecular formula is C15H23NO3S. The van der Waals surface area contributed by atoms with Crippen molar-refractivity contribution < 1.29 is 13.5 Å². The summed E-state index contributed by atoms with van der Waals surface area (Å²) in [5.74, 6) is 0. The third kappa shape index (κ3) is 3.40. The Morgan fingerprint density at radius 2 is 2.00 bits per heavy atom. The van der Waals surface area contributed by atoms with E-state index in [1.54, 1.807) is 24.3 Å². The minimum absolute atomic E-state index is 0.232. The predicted octanol–water partition coefficient (Wildman–Crippen LogP) is 2.74. The summed E-state index contributed by atoms with van der Waals surface area (Å²) in [5.41, 5.74) is 0.310. The molecule has 1 saturated carbocycles. The van der Waals surface area contributed by atoms with Crippen molar-refractivity contribution >= 4 is 10.0 Å². The van der Waals surface area contributed by atoms with Gasteiger partial charge in [0.1, 0.15) is 0 Å². The van der Waals surface area contributed by atoms with E-state index in [0.717, 1.165) is 25.7 Å². The highest BCUT2D eigenvalue weighted by atomic mass is 32.2. The molecule has 0 aromatic heterocycles. The monoisotopic (exact) mass is 297 g/mol. The summed E-state index contributed by atoms with van der Waals surface area (Å²) in [7, 11) is -3.53. The molecule has 1 fully saturated rings. The lowest BCUT2D eigenvalue weighted by Crippen LogP contribution is -2.43. The van der Waals surface area contributed by atoms with Crippen LogP contribution in [-0.4, -0.2) is 19.1 Å². The number of hydrogen-bond acceptors (Lipinski definition) is 3. The molecule has 0 aliphatic heterocycles. The van der Waals surface area contributed by atoms with Crippen molar-refractivity contribution in [2.75, 3.05) is 0 Å². The SMILES string of the molecule is CCC(O)c1cccc(S(=O)(=O)NC2(C)CCCC2)c1. The fraction of sp³-hybridized carbons (Fsp3) is 0.600. The fourth-order valence-corrected chi connectivity index (χ4v) is 4.29. The molecule has 5 heteroatoms.